The maximum Gasteiger partial charge on any atom is 0.0890 e. The SMILES string of the molecule is CN1C=CN(CCCCCCCCCCN2C=CN(C)C2)C1. The van der Waals surface area contributed by atoms with Crippen molar-refractivity contribution in [2.24, 2.45) is 0 Å². The Labute approximate surface area is 137 Å². The lowest BCUT2D eigenvalue weighted by atomic mass is 10.1. The van der Waals surface area contributed by atoms with Crippen LogP contribution >= 0.6 is 0 Å². The monoisotopic (exact) mass is 306 g/mol. The van der Waals surface area contributed by atoms with Crippen LogP contribution in [0.1, 0.15) is 51.4 Å². The van der Waals surface area contributed by atoms with Gasteiger partial charge in [0.05, 0.1) is 13.3 Å². The highest BCUT2D eigenvalue weighted by Gasteiger charge is 2.07. The number of unbranched alkanes of at least 4 members (excludes halogenated alkanes) is 7. The largest absolute Gasteiger partial charge is 0.362 e. The third kappa shape index (κ3) is 6.63. The summed E-state index contributed by atoms with van der Waals surface area (Å²) in [5.41, 5.74) is 0. The molecule has 0 saturated carbocycles. The molecule has 0 saturated heterocycles. The summed E-state index contributed by atoms with van der Waals surface area (Å²) >= 11 is 0. The third-order valence-corrected chi connectivity index (χ3v) is 4.51. The zero-order valence-electron chi connectivity index (χ0n) is 14.6. The van der Waals surface area contributed by atoms with Crippen molar-refractivity contribution in [3.8, 4) is 0 Å². The van der Waals surface area contributed by atoms with E-state index in [9.17, 15) is 0 Å². The van der Waals surface area contributed by atoms with Crippen LogP contribution in [0.15, 0.2) is 24.8 Å². The van der Waals surface area contributed by atoms with E-state index < -0.39 is 0 Å². The Morgan fingerprint density at radius 2 is 0.909 bits per heavy atom. The molecule has 0 aromatic rings. The van der Waals surface area contributed by atoms with Crippen molar-refractivity contribution in [2.75, 3.05) is 40.5 Å². The second kappa shape index (κ2) is 9.65. The minimum Gasteiger partial charge on any atom is -0.362 e. The van der Waals surface area contributed by atoms with Crippen LogP contribution in [-0.2, 0) is 0 Å². The van der Waals surface area contributed by atoms with Gasteiger partial charge in [-0.3, -0.25) is 0 Å². The fraction of sp³-hybridized carbons (Fsp3) is 0.778. The molecule has 0 amide bonds. The van der Waals surface area contributed by atoms with Crippen molar-refractivity contribution in [3.63, 3.8) is 0 Å². The van der Waals surface area contributed by atoms with Crippen molar-refractivity contribution in [1.82, 2.24) is 19.6 Å². The number of nitrogens with zero attached hydrogens (tertiary/aromatic N) is 4. The van der Waals surface area contributed by atoms with Gasteiger partial charge >= 0.3 is 0 Å². The van der Waals surface area contributed by atoms with Gasteiger partial charge in [-0.05, 0) is 12.8 Å². The molecular formula is C18H34N4. The molecule has 0 aromatic heterocycles. The van der Waals surface area contributed by atoms with Crippen LogP contribution in [-0.4, -0.2) is 60.1 Å². The van der Waals surface area contributed by atoms with E-state index in [0.717, 1.165) is 13.3 Å². The van der Waals surface area contributed by atoms with Crippen LogP contribution in [0, 0.1) is 0 Å². The summed E-state index contributed by atoms with van der Waals surface area (Å²) in [7, 11) is 4.27. The first-order valence-corrected chi connectivity index (χ1v) is 8.99. The topological polar surface area (TPSA) is 13.0 Å². The van der Waals surface area contributed by atoms with Crippen molar-refractivity contribution >= 4 is 0 Å². The molecule has 2 heterocycles. The molecule has 4 heteroatoms. The van der Waals surface area contributed by atoms with Crippen LogP contribution in [0.4, 0.5) is 0 Å². The van der Waals surface area contributed by atoms with E-state index in [1.807, 2.05) is 0 Å². The van der Waals surface area contributed by atoms with Crippen LogP contribution in [0.3, 0.4) is 0 Å². The third-order valence-electron chi connectivity index (χ3n) is 4.51. The second-order valence-corrected chi connectivity index (χ2v) is 6.85. The highest BCUT2D eigenvalue weighted by Crippen LogP contribution is 2.12. The Balaban J connectivity index is 1.30. The number of rotatable bonds is 11. The molecule has 0 aliphatic carbocycles. The predicted molar refractivity (Wildman–Crippen MR) is 93.9 cm³/mol. The maximum atomic E-state index is 2.41. The molecule has 0 atom stereocenters. The zero-order valence-corrected chi connectivity index (χ0v) is 14.6. The van der Waals surface area contributed by atoms with E-state index in [4.69, 9.17) is 0 Å². The van der Waals surface area contributed by atoms with Gasteiger partial charge in [0, 0.05) is 52.0 Å². The van der Waals surface area contributed by atoms with E-state index in [-0.39, 0.29) is 0 Å². The molecule has 4 nitrogen and oxygen atoms in total. The molecule has 126 valence electrons. The average molecular weight is 306 g/mol. The van der Waals surface area contributed by atoms with Gasteiger partial charge in [-0.15, -0.1) is 0 Å². The lowest BCUT2D eigenvalue weighted by molar-refractivity contribution is 0.289. The number of hydrogen-bond acceptors (Lipinski definition) is 4. The molecule has 0 fully saturated rings. The van der Waals surface area contributed by atoms with Crippen molar-refractivity contribution < 1.29 is 0 Å². The van der Waals surface area contributed by atoms with E-state index in [2.05, 4.69) is 58.5 Å². The molecule has 0 N–H and O–H groups in total. The van der Waals surface area contributed by atoms with Gasteiger partial charge < -0.3 is 19.6 Å². The molecule has 0 spiro atoms. The Kier molecular flexibility index (Phi) is 7.47. The normalized spacial score (nSPS) is 17.4. The summed E-state index contributed by atoms with van der Waals surface area (Å²) in [6, 6.07) is 0. The second-order valence-electron chi connectivity index (χ2n) is 6.85. The van der Waals surface area contributed by atoms with E-state index in [1.54, 1.807) is 0 Å². The van der Waals surface area contributed by atoms with Crippen molar-refractivity contribution in [1.29, 1.82) is 0 Å². The molecule has 2 rings (SSSR count). The molecule has 0 radical (unpaired) electrons. The predicted octanol–water partition coefficient (Wildman–Crippen LogP) is 3.46. The highest BCUT2D eigenvalue weighted by atomic mass is 15.3. The smallest absolute Gasteiger partial charge is 0.0890 e. The zero-order chi connectivity index (χ0) is 15.6. The summed E-state index contributed by atoms with van der Waals surface area (Å²) in [5, 5.41) is 0. The van der Waals surface area contributed by atoms with E-state index in [0.29, 0.717) is 0 Å². The molecular weight excluding hydrogens is 272 g/mol. The summed E-state index contributed by atoms with van der Waals surface area (Å²) in [6.07, 6.45) is 19.9. The first-order chi connectivity index (χ1) is 10.7. The van der Waals surface area contributed by atoms with Gasteiger partial charge in [-0.25, -0.2) is 0 Å². The minimum atomic E-state index is 1.07. The average Bonchev–Trinajstić information content (AvgIpc) is 3.09. The van der Waals surface area contributed by atoms with Crippen LogP contribution in [0.5, 0.6) is 0 Å². The Morgan fingerprint density at radius 1 is 0.545 bits per heavy atom. The lowest BCUT2D eigenvalue weighted by Crippen LogP contribution is -2.23. The van der Waals surface area contributed by atoms with Gasteiger partial charge in [0.2, 0.25) is 0 Å². The standard InChI is InChI=1S/C18H34N4/c1-19-13-15-21(17-19)11-9-7-5-3-4-6-8-10-12-22-16-14-20(2)18-22/h13-16H,3-12,17-18H2,1-2H3. The van der Waals surface area contributed by atoms with Gasteiger partial charge in [-0.2, -0.15) is 0 Å². The Hall–Kier alpha value is -1.32. The van der Waals surface area contributed by atoms with Gasteiger partial charge in [0.1, 0.15) is 0 Å². The molecule has 0 bridgehead atoms. The summed E-state index contributed by atoms with van der Waals surface area (Å²) in [4.78, 5) is 9.28. The first-order valence-electron chi connectivity index (χ1n) is 8.99. The maximum absolute atomic E-state index is 2.41. The first kappa shape index (κ1) is 17.0. The van der Waals surface area contributed by atoms with Gasteiger partial charge in [0.25, 0.3) is 0 Å². The fourth-order valence-electron chi connectivity index (χ4n) is 3.16. The molecule has 0 aromatic carbocycles. The van der Waals surface area contributed by atoms with E-state index >= 15 is 0 Å². The minimum absolute atomic E-state index is 1.07. The molecule has 2 aliphatic rings. The quantitative estimate of drug-likeness (QED) is 0.542. The molecule has 22 heavy (non-hydrogen) atoms. The van der Waals surface area contributed by atoms with Gasteiger partial charge in [0.15, 0.2) is 0 Å². The summed E-state index contributed by atoms with van der Waals surface area (Å²) in [6.45, 7) is 4.58. The van der Waals surface area contributed by atoms with Crippen LogP contribution < -0.4 is 0 Å². The van der Waals surface area contributed by atoms with Crippen LogP contribution in [0.25, 0.3) is 0 Å². The highest BCUT2D eigenvalue weighted by molar-refractivity contribution is 4.88. The Bertz CT molecular complexity index is 319. The van der Waals surface area contributed by atoms with E-state index in [1.165, 1.54) is 64.5 Å². The van der Waals surface area contributed by atoms with Crippen molar-refractivity contribution in [2.45, 2.75) is 51.4 Å². The molecule has 0 unspecified atom stereocenters. The van der Waals surface area contributed by atoms with Crippen LogP contribution in [0.2, 0.25) is 0 Å². The summed E-state index contributed by atoms with van der Waals surface area (Å²) < 4.78 is 0. The summed E-state index contributed by atoms with van der Waals surface area (Å²) in [5.74, 6) is 0. The fourth-order valence-corrected chi connectivity index (χ4v) is 3.16. The number of hydrogen-bond donors (Lipinski definition) is 0. The Morgan fingerprint density at radius 3 is 1.23 bits per heavy atom. The van der Waals surface area contributed by atoms with Gasteiger partial charge in [-0.1, -0.05) is 38.5 Å². The lowest BCUT2D eigenvalue weighted by Gasteiger charge is -2.18. The molecule has 2 aliphatic heterocycles. The van der Waals surface area contributed by atoms with Crippen molar-refractivity contribution in [3.05, 3.63) is 24.8 Å².